The maximum absolute atomic E-state index is 13.2. The standard InChI is InChI=1S/C25H24O/c1-16-11-12-21-15-20(13-14-22(21)17(16)2)18(3)25(26)24-10-6-8-19-7-4-5-9-23(19)24/h4-10,13-15,17-18H,1,11-12H2,2-3H3. The van der Waals surface area contributed by atoms with Crippen LogP contribution in [0.1, 0.15) is 59.2 Å². The Morgan fingerprint density at radius 3 is 2.65 bits per heavy atom. The molecular formula is C25H24O. The molecule has 0 aliphatic heterocycles. The molecule has 2 unspecified atom stereocenters. The molecule has 1 aliphatic rings. The number of carbonyl (C=O) groups excluding carboxylic acids is 1. The van der Waals surface area contributed by atoms with E-state index in [4.69, 9.17) is 0 Å². The molecule has 0 radical (unpaired) electrons. The maximum Gasteiger partial charge on any atom is 0.170 e. The van der Waals surface area contributed by atoms with E-state index in [0.29, 0.717) is 5.92 Å². The van der Waals surface area contributed by atoms with Crippen molar-refractivity contribution in [3.63, 3.8) is 0 Å². The van der Waals surface area contributed by atoms with Crippen molar-refractivity contribution >= 4 is 16.6 Å². The van der Waals surface area contributed by atoms with E-state index < -0.39 is 0 Å². The zero-order chi connectivity index (χ0) is 18.3. The highest BCUT2D eigenvalue weighted by Gasteiger charge is 2.23. The van der Waals surface area contributed by atoms with Crippen LogP contribution in [0.2, 0.25) is 0 Å². The second-order valence-corrected chi connectivity index (χ2v) is 7.45. The van der Waals surface area contributed by atoms with Gasteiger partial charge in [-0.05, 0) is 40.3 Å². The second kappa shape index (κ2) is 6.57. The molecular weight excluding hydrogens is 316 g/mol. The van der Waals surface area contributed by atoms with E-state index in [-0.39, 0.29) is 11.7 Å². The van der Waals surface area contributed by atoms with E-state index in [0.717, 1.165) is 34.7 Å². The van der Waals surface area contributed by atoms with Gasteiger partial charge in [-0.25, -0.2) is 0 Å². The molecule has 1 aliphatic carbocycles. The van der Waals surface area contributed by atoms with Crippen LogP contribution in [0, 0.1) is 0 Å². The lowest BCUT2D eigenvalue weighted by molar-refractivity contribution is 0.0967. The van der Waals surface area contributed by atoms with Crippen LogP contribution in [0.3, 0.4) is 0 Å². The molecule has 3 aromatic carbocycles. The second-order valence-electron chi connectivity index (χ2n) is 7.45. The average Bonchev–Trinajstić information content (AvgIpc) is 2.69. The van der Waals surface area contributed by atoms with Gasteiger partial charge in [-0.2, -0.15) is 0 Å². The largest absolute Gasteiger partial charge is 0.293 e. The van der Waals surface area contributed by atoms with Crippen molar-refractivity contribution in [2.75, 3.05) is 0 Å². The first-order valence-corrected chi connectivity index (χ1v) is 9.38. The molecule has 3 aromatic rings. The smallest absolute Gasteiger partial charge is 0.170 e. The first-order valence-electron chi connectivity index (χ1n) is 9.38. The van der Waals surface area contributed by atoms with Crippen LogP contribution in [-0.2, 0) is 6.42 Å². The molecule has 0 heterocycles. The number of fused-ring (bicyclic) bond motifs is 2. The number of Topliss-reactive ketones (excluding diaryl/α,β-unsaturated/α-hetero) is 1. The molecule has 0 N–H and O–H groups in total. The van der Waals surface area contributed by atoms with Crippen LogP contribution >= 0.6 is 0 Å². The quantitative estimate of drug-likeness (QED) is 0.396. The molecule has 130 valence electrons. The van der Waals surface area contributed by atoms with Crippen molar-refractivity contribution in [2.45, 2.75) is 38.5 Å². The molecule has 4 rings (SSSR count). The lowest BCUT2D eigenvalue weighted by atomic mass is 9.79. The SMILES string of the molecule is C=C1CCc2cc(C(C)C(=O)c3cccc4ccccc34)ccc2C1C. The van der Waals surface area contributed by atoms with Crippen molar-refractivity contribution in [3.8, 4) is 0 Å². The van der Waals surface area contributed by atoms with E-state index >= 15 is 0 Å². The molecule has 0 amide bonds. The summed E-state index contributed by atoms with van der Waals surface area (Å²) in [5.41, 5.74) is 5.98. The van der Waals surface area contributed by atoms with Gasteiger partial charge >= 0.3 is 0 Å². The summed E-state index contributed by atoms with van der Waals surface area (Å²) in [7, 11) is 0. The van der Waals surface area contributed by atoms with Gasteiger partial charge in [0, 0.05) is 17.4 Å². The van der Waals surface area contributed by atoms with Gasteiger partial charge in [0.05, 0.1) is 0 Å². The Morgan fingerprint density at radius 1 is 1.04 bits per heavy atom. The predicted octanol–water partition coefficient (Wildman–Crippen LogP) is 6.43. The Morgan fingerprint density at radius 2 is 1.81 bits per heavy atom. The lowest BCUT2D eigenvalue weighted by Gasteiger charge is -2.26. The predicted molar refractivity (Wildman–Crippen MR) is 109 cm³/mol. The number of rotatable bonds is 3. The monoisotopic (exact) mass is 340 g/mol. The van der Waals surface area contributed by atoms with Crippen molar-refractivity contribution in [3.05, 3.63) is 95.1 Å². The van der Waals surface area contributed by atoms with Crippen LogP contribution in [0.25, 0.3) is 10.8 Å². The van der Waals surface area contributed by atoms with Crippen LogP contribution < -0.4 is 0 Å². The lowest BCUT2D eigenvalue weighted by Crippen LogP contribution is -2.13. The number of allylic oxidation sites excluding steroid dienone is 1. The van der Waals surface area contributed by atoms with Gasteiger partial charge in [-0.1, -0.05) is 86.7 Å². The van der Waals surface area contributed by atoms with Gasteiger partial charge in [0.2, 0.25) is 0 Å². The van der Waals surface area contributed by atoms with Gasteiger partial charge in [0.25, 0.3) is 0 Å². The summed E-state index contributed by atoms with van der Waals surface area (Å²) < 4.78 is 0. The Balaban J connectivity index is 1.70. The number of benzene rings is 3. The molecule has 0 saturated carbocycles. The minimum atomic E-state index is -0.147. The molecule has 26 heavy (non-hydrogen) atoms. The zero-order valence-electron chi connectivity index (χ0n) is 15.5. The van der Waals surface area contributed by atoms with Crippen molar-refractivity contribution in [2.24, 2.45) is 0 Å². The minimum Gasteiger partial charge on any atom is -0.293 e. The number of hydrogen-bond acceptors (Lipinski definition) is 1. The van der Waals surface area contributed by atoms with Crippen molar-refractivity contribution in [1.29, 1.82) is 0 Å². The molecule has 0 aromatic heterocycles. The summed E-state index contributed by atoms with van der Waals surface area (Å²) in [6, 6.07) is 20.7. The zero-order valence-corrected chi connectivity index (χ0v) is 15.5. The van der Waals surface area contributed by atoms with Gasteiger partial charge in [-0.15, -0.1) is 0 Å². The van der Waals surface area contributed by atoms with E-state index in [9.17, 15) is 4.79 Å². The molecule has 1 heteroatoms. The number of aryl methyl sites for hydroxylation is 1. The topological polar surface area (TPSA) is 17.1 Å². The number of hydrogen-bond donors (Lipinski definition) is 0. The Bertz CT molecular complexity index is 1010. The first kappa shape index (κ1) is 16.8. The third kappa shape index (κ3) is 2.78. The van der Waals surface area contributed by atoms with E-state index in [1.54, 1.807) is 0 Å². The summed E-state index contributed by atoms with van der Waals surface area (Å²) >= 11 is 0. The Kier molecular flexibility index (Phi) is 4.24. The number of ketones is 1. The molecule has 1 nitrogen and oxygen atoms in total. The summed E-state index contributed by atoms with van der Waals surface area (Å²) in [5.74, 6) is 0.457. The fourth-order valence-corrected chi connectivity index (χ4v) is 4.09. The van der Waals surface area contributed by atoms with Crippen LogP contribution in [0.15, 0.2) is 72.8 Å². The van der Waals surface area contributed by atoms with Gasteiger partial charge in [0.1, 0.15) is 0 Å². The van der Waals surface area contributed by atoms with Crippen molar-refractivity contribution in [1.82, 2.24) is 0 Å². The third-order valence-electron chi connectivity index (χ3n) is 5.91. The maximum atomic E-state index is 13.2. The fraction of sp³-hybridized carbons (Fsp3) is 0.240. The van der Waals surface area contributed by atoms with Crippen LogP contribution in [0.5, 0.6) is 0 Å². The third-order valence-corrected chi connectivity index (χ3v) is 5.91. The summed E-state index contributed by atoms with van der Waals surface area (Å²) in [5, 5.41) is 2.15. The highest BCUT2D eigenvalue weighted by atomic mass is 16.1. The minimum absolute atomic E-state index is 0.147. The van der Waals surface area contributed by atoms with E-state index in [2.05, 4.69) is 43.8 Å². The Labute approximate surface area is 155 Å². The van der Waals surface area contributed by atoms with Crippen LogP contribution in [0.4, 0.5) is 0 Å². The fourth-order valence-electron chi connectivity index (χ4n) is 4.09. The molecule has 0 bridgehead atoms. The van der Waals surface area contributed by atoms with Crippen molar-refractivity contribution < 1.29 is 4.79 Å². The summed E-state index contributed by atoms with van der Waals surface area (Å²) in [6.07, 6.45) is 2.07. The Hall–Kier alpha value is -2.67. The number of carbonyl (C=O) groups is 1. The highest BCUT2D eigenvalue weighted by Crippen LogP contribution is 2.36. The first-order chi connectivity index (χ1) is 12.6. The molecule has 0 spiro atoms. The highest BCUT2D eigenvalue weighted by molar-refractivity contribution is 6.10. The molecule has 0 saturated heterocycles. The normalized spacial score (nSPS) is 17.8. The van der Waals surface area contributed by atoms with E-state index in [1.165, 1.54) is 16.7 Å². The summed E-state index contributed by atoms with van der Waals surface area (Å²) in [6.45, 7) is 8.45. The van der Waals surface area contributed by atoms with E-state index in [1.807, 2.05) is 37.3 Å². The summed E-state index contributed by atoms with van der Waals surface area (Å²) in [4.78, 5) is 13.2. The molecule has 2 atom stereocenters. The average molecular weight is 340 g/mol. The van der Waals surface area contributed by atoms with Gasteiger partial charge in [-0.3, -0.25) is 4.79 Å². The van der Waals surface area contributed by atoms with Gasteiger partial charge < -0.3 is 0 Å². The molecule has 0 fully saturated rings. The van der Waals surface area contributed by atoms with Crippen LogP contribution in [-0.4, -0.2) is 5.78 Å². The van der Waals surface area contributed by atoms with Gasteiger partial charge in [0.15, 0.2) is 5.78 Å².